The molecule has 1 atom stereocenters. The molecular formula is C20H31N4O3+. The van der Waals surface area contributed by atoms with Gasteiger partial charge in [0.1, 0.15) is 5.75 Å². The first-order chi connectivity index (χ1) is 13.1. The fraction of sp³-hybridized carbons (Fsp3) is 0.600. The van der Waals surface area contributed by atoms with E-state index in [0.29, 0.717) is 19.7 Å². The lowest BCUT2D eigenvalue weighted by molar-refractivity contribution is -0.892. The molecule has 1 aromatic rings. The minimum Gasteiger partial charge on any atom is -0.492 e. The summed E-state index contributed by atoms with van der Waals surface area (Å²) in [6.07, 6.45) is 1.65. The SMILES string of the molecule is CCOc1ccccc1N1CC[NH+](CC(=O)N2CCC[C@@H](C(N)=O)C2)CC1. The number of anilines is 1. The first-order valence-corrected chi connectivity index (χ1v) is 9.96. The van der Waals surface area contributed by atoms with Crippen molar-refractivity contribution in [3.63, 3.8) is 0 Å². The Balaban J connectivity index is 1.51. The van der Waals surface area contributed by atoms with E-state index in [1.165, 1.54) is 4.90 Å². The fourth-order valence-corrected chi connectivity index (χ4v) is 4.00. The second-order valence-corrected chi connectivity index (χ2v) is 7.40. The van der Waals surface area contributed by atoms with Gasteiger partial charge in [-0.2, -0.15) is 0 Å². The lowest BCUT2D eigenvalue weighted by Crippen LogP contribution is -3.16. The second kappa shape index (κ2) is 9.08. The van der Waals surface area contributed by atoms with Gasteiger partial charge < -0.3 is 25.2 Å². The molecule has 2 heterocycles. The summed E-state index contributed by atoms with van der Waals surface area (Å²) in [5, 5.41) is 0. The maximum absolute atomic E-state index is 12.6. The Kier molecular flexibility index (Phi) is 6.55. The first kappa shape index (κ1) is 19.5. The van der Waals surface area contributed by atoms with Gasteiger partial charge in [-0.25, -0.2) is 0 Å². The van der Waals surface area contributed by atoms with Crippen molar-refractivity contribution in [2.75, 3.05) is 57.3 Å². The van der Waals surface area contributed by atoms with Crippen molar-refractivity contribution >= 4 is 17.5 Å². The number of piperazine rings is 1. The number of rotatable bonds is 6. The minimum atomic E-state index is -0.290. The number of primary amides is 1. The smallest absolute Gasteiger partial charge is 0.277 e. The summed E-state index contributed by atoms with van der Waals surface area (Å²) in [4.78, 5) is 29.5. The molecule has 3 rings (SSSR count). The molecule has 2 aliphatic rings. The van der Waals surface area contributed by atoms with Gasteiger partial charge in [0.15, 0.2) is 6.54 Å². The van der Waals surface area contributed by atoms with Crippen LogP contribution in [0, 0.1) is 5.92 Å². The zero-order chi connectivity index (χ0) is 19.2. The zero-order valence-corrected chi connectivity index (χ0v) is 16.2. The predicted molar refractivity (Wildman–Crippen MR) is 104 cm³/mol. The highest BCUT2D eigenvalue weighted by molar-refractivity contribution is 5.80. The number of para-hydroxylation sites is 2. The van der Waals surface area contributed by atoms with Gasteiger partial charge in [0, 0.05) is 13.1 Å². The molecule has 0 radical (unpaired) electrons. The molecule has 7 heteroatoms. The van der Waals surface area contributed by atoms with Crippen LogP contribution in [-0.4, -0.2) is 69.1 Å². The van der Waals surface area contributed by atoms with Crippen molar-refractivity contribution in [1.29, 1.82) is 0 Å². The zero-order valence-electron chi connectivity index (χ0n) is 16.2. The van der Waals surface area contributed by atoms with Crippen LogP contribution in [0.1, 0.15) is 19.8 Å². The van der Waals surface area contributed by atoms with E-state index in [1.807, 2.05) is 30.0 Å². The van der Waals surface area contributed by atoms with Gasteiger partial charge in [0.25, 0.3) is 5.91 Å². The summed E-state index contributed by atoms with van der Waals surface area (Å²) in [5.41, 5.74) is 6.55. The van der Waals surface area contributed by atoms with Gasteiger partial charge in [0.2, 0.25) is 5.91 Å². The number of likely N-dealkylation sites (tertiary alicyclic amines) is 1. The van der Waals surface area contributed by atoms with E-state index < -0.39 is 0 Å². The Hall–Kier alpha value is -2.28. The quantitative estimate of drug-likeness (QED) is 0.704. The largest absolute Gasteiger partial charge is 0.492 e. The molecule has 2 fully saturated rings. The standard InChI is InChI=1S/C20H30N4O3/c1-2-27-18-8-4-3-7-17(18)23-12-10-22(11-13-23)15-19(25)24-9-5-6-16(14-24)20(21)26/h3-4,7-8,16H,2,5-6,9-15H2,1H3,(H2,21,26)/p+1/t16-/m1/s1. The van der Waals surface area contributed by atoms with Crippen LogP contribution in [-0.2, 0) is 9.59 Å². The van der Waals surface area contributed by atoms with E-state index in [4.69, 9.17) is 10.5 Å². The van der Waals surface area contributed by atoms with Gasteiger partial charge in [-0.05, 0) is 31.9 Å². The molecule has 2 amide bonds. The molecule has 0 saturated carbocycles. The number of benzene rings is 1. The lowest BCUT2D eigenvalue weighted by atomic mass is 9.97. The normalized spacial score (nSPS) is 21.1. The summed E-state index contributed by atoms with van der Waals surface area (Å²) in [6, 6.07) is 8.13. The number of quaternary nitrogens is 1. The van der Waals surface area contributed by atoms with Crippen molar-refractivity contribution in [1.82, 2.24) is 4.90 Å². The molecule has 148 valence electrons. The highest BCUT2D eigenvalue weighted by Crippen LogP contribution is 2.27. The van der Waals surface area contributed by atoms with Gasteiger partial charge in [-0.1, -0.05) is 12.1 Å². The third-order valence-corrected chi connectivity index (χ3v) is 5.55. The van der Waals surface area contributed by atoms with Crippen molar-refractivity contribution in [2.24, 2.45) is 11.7 Å². The summed E-state index contributed by atoms with van der Waals surface area (Å²) in [7, 11) is 0. The third-order valence-electron chi connectivity index (χ3n) is 5.55. The average molecular weight is 375 g/mol. The van der Waals surface area contributed by atoms with E-state index in [1.54, 1.807) is 0 Å². The maximum atomic E-state index is 12.6. The van der Waals surface area contributed by atoms with Crippen molar-refractivity contribution < 1.29 is 19.2 Å². The van der Waals surface area contributed by atoms with Crippen LogP contribution in [0.4, 0.5) is 5.69 Å². The number of amides is 2. The number of hydrogen-bond donors (Lipinski definition) is 2. The number of ether oxygens (including phenoxy) is 1. The average Bonchev–Trinajstić information content (AvgIpc) is 2.69. The van der Waals surface area contributed by atoms with Gasteiger partial charge >= 0.3 is 0 Å². The second-order valence-electron chi connectivity index (χ2n) is 7.40. The molecule has 1 aromatic carbocycles. The van der Waals surface area contributed by atoms with Crippen molar-refractivity contribution in [2.45, 2.75) is 19.8 Å². The molecule has 7 nitrogen and oxygen atoms in total. The molecular weight excluding hydrogens is 344 g/mol. The van der Waals surface area contributed by atoms with Gasteiger partial charge in [-0.15, -0.1) is 0 Å². The number of nitrogens with one attached hydrogen (secondary N) is 1. The van der Waals surface area contributed by atoms with Crippen LogP contribution in [0.15, 0.2) is 24.3 Å². The van der Waals surface area contributed by atoms with Crippen LogP contribution in [0.5, 0.6) is 5.75 Å². The van der Waals surface area contributed by atoms with Gasteiger partial charge in [0.05, 0.1) is 44.4 Å². The third kappa shape index (κ3) is 4.91. The molecule has 2 saturated heterocycles. The summed E-state index contributed by atoms with van der Waals surface area (Å²) in [5.74, 6) is 0.579. The Morgan fingerprint density at radius 3 is 2.67 bits per heavy atom. The molecule has 0 spiro atoms. The Morgan fingerprint density at radius 2 is 1.96 bits per heavy atom. The molecule has 0 aliphatic carbocycles. The highest BCUT2D eigenvalue weighted by Gasteiger charge is 2.30. The van der Waals surface area contributed by atoms with E-state index >= 15 is 0 Å². The number of nitrogens with zero attached hydrogens (tertiary/aromatic N) is 2. The topological polar surface area (TPSA) is 80.3 Å². The minimum absolute atomic E-state index is 0.138. The maximum Gasteiger partial charge on any atom is 0.277 e. The van der Waals surface area contributed by atoms with Crippen LogP contribution >= 0.6 is 0 Å². The van der Waals surface area contributed by atoms with Crippen molar-refractivity contribution in [3.05, 3.63) is 24.3 Å². The predicted octanol–water partition coefficient (Wildman–Crippen LogP) is -0.486. The van der Waals surface area contributed by atoms with E-state index in [9.17, 15) is 9.59 Å². The molecule has 3 N–H and O–H groups in total. The van der Waals surface area contributed by atoms with E-state index in [-0.39, 0.29) is 17.7 Å². The van der Waals surface area contributed by atoms with Crippen LogP contribution in [0.25, 0.3) is 0 Å². The number of carbonyl (C=O) groups excluding carboxylic acids is 2. The monoisotopic (exact) mass is 375 g/mol. The van der Waals surface area contributed by atoms with E-state index in [2.05, 4.69) is 11.0 Å². The molecule has 2 aliphatic heterocycles. The summed E-state index contributed by atoms with van der Waals surface area (Å²) in [6.45, 7) is 7.99. The van der Waals surface area contributed by atoms with Gasteiger partial charge in [-0.3, -0.25) is 9.59 Å². The number of piperidine rings is 1. The first-order valence-electron chi connectivity index (χ1n) is 9.96. The number of hydrogen-bond acceptors (Lipinski definition) is 4. The van der Waals surface area contributed by atoms with Crippen LogP contribution < -0.4 is 20.3 Å². The highest BCUT2D eigenvalue weighted by atomic mass is 16.5. The van der Waals surface area contributed by atoms with Crippen LogP contribution in [0.3, 0.4) is 0 Å². The summed E-state index contributed by atoms with van der Waals surface area (Å²) < 4.78 is 5.74. The van der Waals surface area contributed by atoms with Crippen molar-refractivity contribution in [3.8, 4) is 5.75 Å². The fourth-order valence-electron chi connectivity index (χ4n) is 4.00. The van der Waals surface area contributed by atoms with Crippen LogP contribution in [0.2, 0.25) is 0 Å². The molecule has 27 heavy (non-hydrogen) atoms. The number of nitrogens with two attached hydrogens (primary N) is 1. The number of carbonyl (C=O) groups is 2. The lowest BCUT2D eigenvalue weighted by Gasteiger charge is -2.36. The Bertz CT molecular complexity index is 658. The molecule has 0 bridgehead atoms. The molecule has 0 unspecified atom stereocenters. The Morgan fingerprint density at radius 1 is 1.22 bits per heavy atom. The summed E-state index contributed by atoms with van der Waals surface area (Å²) >= 11 is 0. The van der Waals surface area contributed by atoms with E-state index in [0.717, 1.165) is 57.0 Å². The Labute approximate surface area is 161 Å². The molecule has 0 aromatic heterocycles.